The van der Waals surface area contributed by atoms with E-state index in [-0.39, 0.29) is 11.3 Å². The number of H-pyrrole nitrogens is 1. The lowest BCUT2D eigenvalue weighted by atomic mass is 9.94. The van der Waals surface area contributed by atoms with Crippen molar-refractivity contribution in [3.63, 3.8) is 0 Å². The van der Waals surface area contributed by atoms with Crippen LogP contribution in [0.1, 0.15) is 42.1 Å². The van der Waals surface area contributed by atoms with Crippen LogP contribution in [0.5, 0.6) is 0 Å². The molecule has 1 aromatic heterocycles. The lowest BCUT2D eigenvalue weighted by Crippen LogP contribution is -2.30. The second kappa shape index (κ2) is 9.62. The molecule has 5 rings (SSSR count). The number of ketones is 1. The van der Waals surface area contributed by atoms with E-state index in [4.69, 9.17) is 0 Å². The summed E-state index contributed by atoms with van der Waals surface area (Å²) in [5.74, 6) is -1.52. The van der Waals surface area contributed by atoms with Crippen LogP contribution >= 0.6 is 0 Å². The molecule has 1 fully saturated rings. The average Bonchev–Trinajstić information content (AvgIpc) is 3.46. The monoisotopic (exact) mass is 493 g/mol. The summed E-state index contributed by atoms with van der Waals surface area (Å²) in [6.07, 6.45) is 1.69. The van der Waals surface area contributed by atoms with Gasteiger partial charge < -0.3 is 15.0 Å². The Morgan fingerprint density at radius 3 is 2.35 bits per heavy atom. The molecule has 1 atom stereocenters. The third kappa shape index (κ3) is 3.99. The van der Waals surface area contributed by atoms with Gasteiger partial charge in [-0.1, -0.05) is 42.5 Å². The maximum Gasteiger partial charge on any atom is 0.300 e. The van der Waals surface area contributed by atoms with E-state index in [0.29, 0.717) is 11.3 Å². The number of para-hydroxylation sites is 1. The number of Topliss-reactive ketones (excluding diaryl/α,β-unsaturated/α-hetero) is 1. The van der Waals surface area contributed by atoms with E-state index >= 15 is 0 Å². The van der Waals surface area contributed by atoms with Crippen LogP contribution in [-0.2, 0) is 9.59 Å². The lowest BCUT2D eigenvalue weighted by molar-refractivity contribution is -0.132. The molecule has 0 aliphatic carbocycles. The zero-order chi connectivity index (χ0) is 26.3. The molecule has 6 heteroatoms. The number of rotatable bonds is 6. The molecule has 2 N–H and O–H groups in total. The van der Waals surface area contributed by atoms with Crippen LogP contribution in [-0.4, -0.2) is 34.9 Å². The molecule has 0 spiro atoms. The third-order valence-corrected chi connectivity index (χ3v) is 7.46. The number of hydrogen-bond acceptors (Lipinski definition) is 4. The van der Waals surface area contributed by atoms with E-state index in [9.17, 15) is 14.7 Å². The summed E-state index contributed by atoms with van der Waals surface area (Å²) in [4.78, 5) is 34.1. The Morgan fingerprint density at radius 1 is 0.946 bits per heavy atom. The number of amides is 1. The number of nitrogens with one attached hydrogen (secondary N) is 1. The largest absolute Gasteiger partial charge is 0.507 e. The van der Waals surface area contributed by atoms with Crippen LogP contribution in [0.3, 0.4) is 0 Å². The van der Waals surface area contributed by atoms with Gasteiger partial charge in [0.15, 0.2) is 0 Å². The third-order valence-electron chi connectivity index (χ3n) is 7.46. The molecule has 37 heavy (non-hydrogen) atoms. The summed E-state index contributed by atoms with van der Waals surface area (Å²) in [6.45, 7) is 9.89. The molecular weight excluding hydrogens is 462 g/mol. The number of anilines is 2. The maximum absolute atomic E-state index is 13.6. The van der Waals surface area contributed by atoms with Crippen molar-refractivity contribution in [2.45, 2.75) is 33.7 Å². The zero-order valence-corrected chi connectivity index (χ0v) is 21.6. The van der Waals surface area contributed by atoms with Crippen molar-refractivity contribution in [2.75, 3.05) is 22.9 Å². The van der Waals surface area contributed by atoms with Gasteiger partial charge in [-0.15, -0.1) is 0 Å². The van der Waals surface area contributed by atoms with Gasteiger partial charge in [0.2, 0.25) is 0 Å². The summed E-state index contributed by atoms with van der Waals surface area (Å²) in [5.41, 5.74) is 5.86. The second-order valence-electron chi connectivity index (χ2n) is 9.40. The predicted octanol–water partition coefficient (Wildman–Crippen LogP) is 6.26. The van der Waals surface area contributed by atoms with Gasteiger partial charge in [0.05, 0.1) is 11.6 Å². The molecule has 1 unspecified atom stereocenters. The highest BCUT2D eigenvalue weighted by molar-refractivity contribution is 6.52. The number of aryl methyl sites for hydroxylation is 1. The molecule has 4 aromatic rings. The normalized spacial score (nSPS) is 17.1. The van der Waals surface area contributed by atoms with Crippen molar-refractivity contribution in [1.29, 1.82) is 0 Å². The highest BCUT2D eigenvalue weighted by Gasteiger charge is 2.47. The highest BCUT2D eigenvalue weighted by Crippen LogP contribution is 2.44. The van der Waals surface area contributed by atoms with Gasteiger partial charge in [0, 0.05) is 47.1 Å². The molecule has 1 saturated heterocycles. The van der Waals surface area contributed by atoms with E-state index in [2.05, 4.69) is 23.7 Å². The number of aromatic nitrogens is 1. The Balaban J connectivity index is 1.73. The van der Waals surface area contributed by atoms with E-state index in [1.807, 2.05) is 80.6 Å². The molecule has 0 saturated carbocycles. The Morgan fingerprint density at radius 2 is 1.65 bits per heavy atom. The molecule has 0 radical (unpaired) electrons. The van der Waals surface area contributed by atoms with Crippen LogP contribution < -0.4 is 9.80 Å². The van der Waals surface area contributed by atoms with E-state index in [1.54, 1.807) is 6.20 Å². The van der Waals surface area contributed by atoms with Crippen molar-refractivity contribution in [3.8, 4) is 0 Å². The Hall–Kier alpha value is -4.32. The summed E-state index contributed by atoms with van der Waals surface area (Å²) in [5, 5.41) is 12.4. The maximum atomic E-state index is 13.6. The summed E-state index contributed by atoms with van der Waals surface area (Å²) < 4.78 is 0. The first-order valence-corrected chi connectivity index (χ1v) is 12.7. The second-order valence-corrected chi connectivity index (χ2v) is 9.40. The van der Waals surface area contributed by atoms with Crippen LogP contribution in [0.25, 0.3) is 16.7 Å². The Labute approximate surface area is 216 Å². The van der Waals surface area contributed by atoms with Crippen molar-refractivity contribution in [3.05, 3.63) is 101 Å². The molecule has 2 heterocycles. The van der Waals surface area contributed by atoms with E-state index < -0.39 is 17.7 Å². The minimum Gasteiger partial charge on any atom is -0.507 e. The standard InChI is InChI=1S/C31H31N3O3/c1-5-33(6-2)22-16-14-21(15-17-22)28-27(29(35)24-18-32-25-12-8-7-11-23(24)25)30(36)31(37)34(28)26-13-9-10-19(3)20(26)4/h7-18,28,32,35H,5-6H2,1-4H3/b29-27-. The number of carbonyl (C=O) groups excluding carboxylic acids is 2. The fraction of sp³-hybridized carbons (Fsp3) is 0.226. The number of benzene rings is 3. The van der Waals surface area contributed by atoms with Crippen LogP contribution in [0, 0.1) is 13.8 Å². The smallest absolute Gasteiger partial charge is 0.300 e. The average molecular weight is 494 g/mol. The van der Waals surface area contributed by atoms with Crippen LogP contribution in [0.15, 0.2) is 78.5 Å². The van der Waals surface area contributed by atoms with Crippen molar-refractivity contribution < 1.29 is 14.7 Å². The molecule has 6 nitrogen and oxygen atoms in total. The summed E-state index contributed by atoms with van der Waals surface area (Å²) >= 11 is 0. The summed E-state index contributed by atoms with van der Waals surface area (Å²) in [6, 6.07) is 20.5. The lowest BCUT2D eigenvalue weighted by Gasteiger charge is -2.28. The molecule has 3 aromatic carbocycles. The fourth-order valence-corrected chi connectivity index (χ4v) is 5.26. The van der Waals surface area contributed by atoms with Gasteiger partial charge in [-0.05, 0) is 68.7 Å². The Bertz CT molecular complexity index is 1530. The summed E-state index contributed by atoms with van der Waals surface area (Å²) in [7, 11) is 0. The number of fused-ring (bicyclic) bond motifs is 1. The number of nitrogens with zero attached hydrogens (tertiary/aromatic N) is 2. The van der Waals surface area contributed by atoms with Gasteiger partial charge >= 0.3 is 0 Å². The van der Waals surface area contributed by atoms with E-state index in [0.717, 1.165) is 46.4 Å². The predicted molar refractivity (Wildman–Crippen MR) is 149 cm³/mol. The van der Waals surface area contributed by atoms with Gasteiger partial charge in [-0.25, -0.2) is 0 Å². The van der Waals surface area contributed by atoms with Crippen LogP contribution in [0.2, 0.25) is 0 Å². The van der Waals surface area contributed by atoms with Crippen molar-refractivity contribution >= 4 is 39.7 Å². The quantitative estimate of drug-likeness (QED) is 0.189. The molecule has 1 amide bonds. The SMILES string of the molecule is CCN(CC)c1ccc(C2/C(=C(/O)c3c[nH]c4ccccc34)C(=O)C(=O)N2c2cccc(C)c2C)cc1. The number of hydrogen-bond donors (Lipinski definition) is 2. The molecule has 0 bridgehead atoms. The number of carbonyl (C=O) groups is 2. The number of aromatic amines is 1. The van der Waals surface area contributed by atoms with Gasteiger partial charge in [-0.3, -0.25) is 14.5 Å². The number of aliphatic hydroxyl groups excluding tert-OH is 1. The first-order chi connectivity index (χ1) is 17.9. The Kier molecular flexibility index (Phi) is 6.34. The molecular formula is C31H31N3O3. The van der Waals surface area contributed by atoms with Gasteiger partial charge in [0.1, 0.15) is 5.76 Å². The molecule has 188 valence electrons. The van der Waals surface area contributed by atoms with Crippen LogP contribution in [0.4, 0.5) is 11.4 Å². The highest BCUT2D eigenvalue weighted by atomic mass is 16.3. The number of aliphatic hydroxyl groups is 1. The first-order valence-electron chi connectivity index (χ1n) is 12.7. The van der Waals surface area contributed by atoms with Gasteiger partial charge in [0.25, 0.3) is 11.7 Å². The van der Waals surface area contributed by atoms with E-state index in [1.165, 1.54) is 4.90 Å². The van der Waals surface area contributed by atoms with Crippen molar-refractivity contribution in [1.82, 2.24) is 4.98 Å². The van der Waals surface area contributed by atoms with Crippen molar-refractivity contribution in [2.24, 2.45) is 0 Å². The molecule has 1 aliphatic rings. The molecule has 1 aliphatic heterocycles. The first kappa shape index (κ1) is 24.4. The topological polar surface area (TPSA) is 76.6 Å². The fourth-order valence-electron chi connectivity index (χ4n) is 5.26. The zero-order valence-electron chi connectivity index (χ0n) is 21.6. The minimum absolute atomic E-state index is 0.0891. The van der Waals surface area contributed by atoms with Gasteiger partial charge in [-0.2, -0.15) is 0 Å². The minimum atomic E-state index is -0.764.